The number of nitrogens with one attached hydrogen (secondary N) is 1. The van der Waals surface area contributed by atoms with Crippen LogP contribution in [0.2, 0.25) is 5.02 Å². The Labute approximate surface area is 110 Å². The van der Waals surface area contributed by atoms with Gasteiger partial charge in [-0.1, -0.05) is 30.7 Å². The van der Waals surface area contributed by atoms with Gasteiger partial charge in [-0.25, -0.2) is 0 Å². The molecule has 0 aromatic heterocycles. The number of carboxylic acids is 1. The summed E-state index contributed by atoms with van der Waals surface area (Å²) in [6, 6.07) is 6.80. The van der Waals surface area contributed by atoms with Gasteiger partial charge in [0.25, 0.3) is 5.91 Å². The molecule has 0 saturated heterocycles. The smallest absolute Gasteiger partial charge is 0.308 e. The van der Waals surface area contributed by atoms with E-state index in [0.29, 0.717) is 10.8 Å². The quantitative estimate of drug-likeness (QED) is 0.823. The Kier molecular flexibility index (Phi) is 5.45. The van der Waals surface area contributed by atoms with Crippen molar-refractivity contribution >= 4 is 23.5 Å². The van der Waals surface area contributed by atoms with Crippen molar-refractivity contribution in [2.24, 2.45) is 5.92 Å². The lowest BCUT2D eigenvalue weighted by Gasteiger charge is -2.10. The van der Waals surface area contributed by atoms with Crippen LogP contribution in [0.4, 0.5) is 0 Å². The molecule has 0 heterocycles. The maximum absolute atomic E-state index is 11.4. The molecule has 0 aliphatic rings. The standard InChI is InChI=1S/C12H14ClNO4/c1-8(12(16)17)6-14-11(15)7-18-10-5-3-2-4-9(10)13/h2-5,8H,6-7H2,1H3,(H,14,15)(H,16,17). The normalized spacial score (nSPS) is 11.7. The lowest BCUT2D eigenvalue weighted by Crippen LogP contribution is -2.34. The number of halogens is 1. The Balaban J connectivity index is 2.34. The third kappa shape index (κ3) is 4.63. The molecular weight excluding hydrogens is 258 g/mol. The molecule has 1 atom stereocenters. The van der Waals surface area contributed by atoms with Gasteiger partial charge in [-0.05, 0) is 12.1 Å². The molecule has 1 rings (SSSR count). The fraction of sp³-hybridized carbons (Fsp3) is 0.333. The maximum atomic E-state index is 11.4. The fourth-order valence-corrected chi connectivity index (χ4v) is 1.30. The van der Waals surface area contributed by atoms with E-state index >= 15 is 0 Å². The molecule has 18 heavy (non-hydrogen) atoms. The SMILES string of the molecule is CC(CNC(=O)COc1ccccc1Cl)C(=O)O. The maximum Gasteiger partial charge on any atom is 0.308 e. The minimum absolute atomic E-state index is 0.0695. The van der Waals surface area contributed by atoms with Crippen LogP contribution in [0.5, 0.6) is 5.75 Å². The first-order valence-electron chi connectivity index (χ1n) is 5.37. The minimum atomic E-state index is -0.956. The Hall–Kier alpha value is -1.75. The summed E-state index contributed by atoms with van der Waals surface area (Å²) >= 11 is 5.84. The molecule has 98 valence electrons. The second-order valence-corrected chi connectivity index (χ2v) is 4.17. The van der Waals surface area contributed by atoms with Crippen molar-refractivity contribution in [3.05, 3.63) is 29.3 Å². The van der Waals surface area contributed by atoms with E-state index in [1.807, 2.05) is 0 Å². The number of benzene rings is 1. The highest BCUT2D eigenvalue weighted by Gasteiger charge is 2.12. The van der Waals surface area contributed by atoms with Gasteiger partial charge in [-0.15, -0.1) is 0 Å². The average Bonchev–Trinajstić information content (AvgIpc) is 2.34. The molecule has 0 aliphatic heterocycles. The second kappa shape index (κ2) is 6.86. The number of para-hydroxylation sites is 1. The zero-order valence-electron chi connectivity index (χ0n) is 9.85. The number of carboxylic acid groups (broad SMARTS) is 1. The highest BCUT2D eigenvalue weighted by Crippen LogP contribution is 2.22. The van der Waals surface area contributed by atoms with E-state index in [0.717, 1.165) is 0 Å². The number of carbonyl (C=O) groups is 2. The first kappa shape index (κ1) is 14.3. The van der Waals surface area contributed by atoms with Crippen LogP contribution in [0.15, 0.2) is 24.3 Å². The topological polar surface area (TPSA) is 75.6 Å². The molecule has 0 aliphatic carbocycles. The molecule has 5 nitrogen and oxygen atoms in total. The van der Waals surface area contributed by atoms with Gasteiger partial charge in [0.05, 0.1) is 10.9 Å². The molecule has 0 bridgehead atoms. The molecule has 0 spiro atoms. The van der Waals surface area contributed by atoms with E-state index in [1.165, 1.54) is 6.92 Å². The number of rotatable bonds is 6. The summed E-state index contributed by atoms with van der Waals surface area (Å²) in [6.07, 6.45) is 0. The van der Waals surface area contributed by atoms with Crippen molar-refractivity contribution in [2.45, 2.75) is 6.92 Å². The molecule has 0 saturated carbocycles. The monoisotopic (exact) mass is 271 g/mol. The van der Waals surface area contributed by atoms with Crippen molar-refractivity contribution in [3.63, 3.8) is 0 Å². The van der Waals surface area contributed by atoms with Crippen molar-refractivity contribution < 1.29 is 19.4 Å². The second-order valence-electron chi connectivity index (χ2n) is 3.76. The van der Waals surface area contributed by atoms with Crippen molar-refractivity contribution in [2.75, 3.05) is 13.2 Å². The number of carbonyl (C=O) groups excluding carboxylic acids is 1. The molecule has 1 aromatic carbocycles. The Bertz CT molecular complexity index is 436. The van der Waals surface area contributed by atoms with Gasteiger partial charge in [0.15, 0.2) is 6.61 Å². The molecule has 1 aromatic rings. The van der Waals surface area contributed by atoms with Gasteiger partial charge in [0.2, 0.25) is 0 Å². The summed E-state index contributed by atoms with van der Waals surface area (Å²) in [5.74, 6) is -1.56. The van der Waals surface area contributed by atoms with E-state index in [4.69, 9.17) is 21.4 Å². The fourth-order valence-electron chi connectivity index (χ4n) is 1.11. The number of amides is 1. The molecule has 1 amide bonds. The minimum Gasteiger partial charge on any atom is -0.482 e. The zero-order valence-corrected chi connectivity index (χ0v) is 10.6. The Morgan fingerprint density at radius 3 is 2.72 bits per heavy atom. The lowest BCUT2D eigenvalue weighted by molar-refractivity contribution is -0.141. The number of hydrogen-bond donors (Lipinski definition) is 2. The summed E-state index contributed by atoms with van der Waals surface area (Å²) in [6.45, 7) is 1.38. The summed E-state index contributed by atoms with van der Waals surface area (Å²) in [7, 11) is 0. The first-order chi connectivity index (χ1) is 8.50. The summed E-state index contributed by atoms with van der Waals surface area (Å²) in [5, 5.41) is 11.5. The first-order valence-corrected chi connectivity index (χ1v) is 5.75. The van der Waals surface area contributed by atoms with Gasteiger partial charge >= 0.3 is 5.97 Å². The third-order valence-electron chi connectivity index (χ3n) is 2.22. The van der Waals surface area contributed by atoms with E-state index in [1.54, 1.807) is 24.3 Å². The predicted octanol–water partition coefficient (Wildman–Crippen LogP) is 1.56. The highest BCUT2D eigenvalue weighted by molar-refractivity contribution is 6.32. The van der Waals surface area contributed by atoms with Crippen molar-refractivity contribution in [1.82, 2.24) is 5.32 Å². The zero-order chi connectivity index (χ0) is 13.5. The largest absolute Gasteiger partial charge is 0.482 e. The Morgan fingerprint density at radius 1 is 1.44 bits per heavy atom. The average molecular weight is 272 g/mol. The van der Waals surface area contributed by atoms with Gasteiger partial charge in [-0.3, -0.25) is 9.59 Å². The summed E-state index contributed by atoms with van der Waals surface area (Å²) in [5.41, 5.74) is 0. The van der Waals surface area contributed by atoms with E-state index in [9.17, 15) is 9.59 Å². The van der Waals surface area contributed by atoms with Gasteiger partial charge < -0.3 is 15.2 Å². The van der Waals surface area contributed by atoms with E-state index in [-0.39, 0.29) is 19.1 Å². The Morgan fingerprint density at radius 2 is 2.11 bits per heavy atom. The molecule has 1 unspecified atom stereocenters. The van der Waals surface area contributed by atoms with Crippen molar-refractivity contribution in [3.8, 4) is 5.75 Å². The lowest BCUT2D eigenvalue weighted by atomic mass is 10.2. The van der Waals surface area contributed by atoms with Crippen LogP contribution in [-0.2, 0) is 9.59 Å². The number of aliphatic carboxylic acids is 1. The molecule has 2 N–H and O–H groups in total. The number of hydrogen-bond acceptors (Lipinski definition) is 3. The molecule has 0 radical (unpaired) electrons. The molecule has 6 heteroatoms. The highest BCUT2D eigenvalue weighted by atomic mass is 35.5. The van der Waals surface area contributed by atoms with E-state index < -0.39 is 11.9 Å². The van der Waals surface area contributed by atoms with Crippen LogP contribution >= 0.6 is 11.6 Å². The van der Waals surface area contributed by atoms with Crippen LogP contribution < -0.4 is 10.1 Å². The van der Waals surface area contributed by atoms with Crippen LogP contribution in [0.25, 0.3) is 0 Å². The van der Waals surface area contributed by atoms with Gasteiger partial charge in [0.1, 0.15) is 5.75 Å². The van der Waals surface area contributed by atoms with Gasteiger partial charge in [-0.2, -0.15) is 0 Å². The van der Waals surface area contributed by atoms with E-state index in [2.05, 4.69) is 5.32 Å². The molecular formula is C12H14ClNO4. The van der Waals surface area contributed by atoms with Crippen LogP contribution in [-0.4, -0.2) is 30.1 Å². The molecule has 0 fully saturated rings. The van der Waals surface area contributed by atoms with Crippen molar-refractivity contribution in [1.29, 1.82) is 0 Å². The summed E-state index contributed by atoms with van der Waals surface area (Å²) in [4.78, 5) is 21.9. The third-order valence-corrected chi connectivity index (χ3v) is 2.53. The van der Waals surface area contributed by atoms with Crippen LogP contribution in [0.1, 0.15) is 6.92 Å². The van der Waals surface area contributed by atoms with Gasteiger partial charge in [0, 0.05) is 6.54 Å². The number of ether oxygens (including phenoxy) is 1. The predicted molar refractivity (Wildman–Crippen MR) is 66.8 cm³/mol. The van der Waals surface area contributed by atoms with Crippen LogP contribution in [0, 0.1) is 5.92 Å². The summed E-state index contributed by atoms with van der Waals surface area (Å²) < 4.78 is 5.20. The van der Waals surface area contributed by atoms with Crippen LogP contribution in [0.3, 0.4) is 0 Å².